The normalized spacial score (nSPS) is 18.2. The van der Waals surface area contributed by atoms with Crippen molar-refractivity contribution in [1.82, 2.24) is 20.4 Å². The molecule has 28 heavy (non-hydrogen) atoms. The summed E-state index contributed by atoms with van der Waals surface area (Å²) in [5.41, 5.74) is 0.779. The zero-order valence-corrected chi connectivity index (χ0v) is 16.8. The van der Waals surface area contributed by atoms with E-state index in [2.05, 4.69) is 26.6 Å². The van der Waals surface area contributed by atoms with E-state index in [-0.39, 0.29) is 19.6 Å². The molecule has 0 saturated carbocycles. The molecule has 2 heterocycles. The van der Waals surface area contributed by atoms with Crippen LogP contribution in [0.25, 0.3) is 6.08 Å². The Kier molecular flexibility index (Phi) is 6.15. The van der Waals surface area contributed by atoms with Gasteiger partial charge in [-0.15, -0.1) is 0 Å². The molecule has 1 aromatic rings. The Morgan fingerprint density at radius 2 is 2.04 bits per heavy atom. The van der Waals surface area contributed by atoms with Crippen molar-refractivity contribution in [3.8, 4) is 0 Å². The molecule has 9 nitrogen and oxygen atoms in total. The van der Waals surface area contributed by atoms with Crippen LogP contribution in [0.15, 0.2) is 33.6 Å². The molecule has 6 amide bonds. The smallest absolute Gasteiger partial charge is 0.325 e. The standard InChI is InChI=1S/C17H15BrN4O5S/c18-11-3-1-2-10(6-11)7-12-15(25)21(17(27)28-12)5-4-19-13(23)9-22-14(24)8-20-16(22)26/h1-3,6-7H,4-5,8-9H2,(H,19,23)(H,20,26)/b12-7-. The first kappa shape index (κ1) is 20.1. The molecule has 2 fully saturated rings. The van der Waals surface area contributed by atoms with E-state index in [1.807, 2.05) is 24.3 Å². The molecule has 0 atom stereocenters. The van der Waals surface area contributed by atoms with Gasteiger partial charge in [0.25, 0.3) is 17.1 Å². The number of carbonyl (C=O) groups is 5. The Bertz CT molecular complexity index is 887. The number of imide groups is 2. The number of benzene rings is 1. The topological polar surface area (TPSA) is 116 Å². The van der Waals surface area contributed by atoms with Crippen LogP contribution in [0, 0.1) is 0 Å². The summed E-state index contributed by atoms with van der Waals surface area (Å²) in [7, 11) is 0. The van der Waals surface area contributed by atoms with Gasteiger partial charge in [-0.3, -0.25) is 29.0 Å². The van der Waals surface area contributed by atoms with Gasteiger partial charge >= 0.3 is 6.03 Å². The van der Waals surface area contributed by atoms with Gasteiger partial charge in [-0.05, 0) is 35.5 Å². The third-order valence-electron chi connectivity index (χ3n) is 3.92. The SMILES string of the molecule is O=C(CN1C(=O)CNC1=O)NCCN1C(=O)S/C(=C\c2cccc(Br)c2)C1=O. The van der Waals surface area contributed by atoms with Crippen molar-refractivity contribution >= 4 is 62.8 Å². The molecule has 0 bridgehead atoms. The third-order valence-corrected chi connectivity index (χ3v) is 5.32. The van der Waals surface area contributed by atoms with Crippen molar-refractivity contribution in [2.24, 2.45) is 0 Å². The summed E-state index contributed by atoms with van der Waals surface area (Å²) in [6.45, 7) is -0.528. The molecule has 11 heteroatoms. The summed E-state index contributed by atoms with van der Waals surface area (Å²) in [6.07, 6.45) is 1.63. The highest BCUT2D eigenvalue weighted by molar-refractivity contribution is 9.10. The molecule has 2 N–H and O–H groups in total. The van der Waals surface area contributed by atoms with Crippen LogP contribution in [0.2, 0.25) is 0 Å². The van der Waals surface area contributed by atoms with Gasteiger partial charge in [-0.1, -0.05) is 28.1 Å². The summed E-state index contributed by atoms with van der Waals surface area (Å²) in [6, 6.07) is 6.69. The Balaban J connectivity index is 1.53. The fourth-order valence-electron chi connectivity index (χ4n) is 2.56. The molecule has 2 aliphatic heterocycles. The number of thioether (sulfide) groups is 1. The van der Waals surface area contributed by atoms with E-state index in [4.69, 9.17) is 0 Å². The van der Waals surface area contributed by atoms with Gasteiger partial charge in [0, 0.05) is 17.6 Å². The average molecular weight is 467 g/mol. The van der Waals surface area contributed by atoms with Crippen molar-refractivity contribution in [3.05, 3.63) is 39.2 Å². The van der Waals surface area contributed by atoms with Gasteiger partial charge in [-0.25, -0.2) is 4.79 Å². The minimum atomic E-state index is -0.622. The van der Waals surface area contributed by atoms with Crippen molar-refractivity contribution < 1.29 is 24.0 Å². The molecule has 2 aliphatic rings. The molecule has 0 aromatic heterocycles. The number of rotatable bonds is 6. The maximum Gasteiger partial charge on any atom is 0.325 e. The molecular weight excluding hydrogens is 452 g/mol. The first-order valence-electron chi connectivity index (χ1n) is 8.21. The first-order valence-corrected chi connectivity index (χ1v) is 9.82. The highest BCUT2D eigenvalue weighted by Crippen LogP contribution is 2.32. The van der Waals surface area contributed by atoms with Crippen LogP contribution in [-0.4, -0.2) is 65.0 Å². The summed E-state index contributed by atoms with van der Waals surface area (Å²) in [5, 5.41) is 4.39. The van der Waals surface area contributed by atoms with Gasteiger partial charge in [0.15, 0.2) is 0 Å². The van der Waals surface area contributed by atoms with Gasteiger partial charge in [0.2, 0.25) is 5.91 Å². The van der Waals surface area contributed by atoms with E-state index in [1.54, 1.807) is 6.08 Å². The molecule has 0 radical (unpaired) electrons. The number of nitrogens with one attached hydrogen (secondary N) is 2. The summed E-state index contributed by atoms with van der Waals surface area (Å²) < 4.78 is 0.855. The van der Waals surface area contributed by atoms with E-state index in [9.17, 15) is 24.0 Å². The molecule has 146 valence electrons. The minimum Gasteiger partial charge on any atom is -0.353 e. The van der Waals surface area contributed by atoms with E-state index < -0.39 is 35.5 Å². The van der Waals surface area contributed by atoms with Crippen LogP contribution >= 0.6 is 27.7 Å². The van der Waals surface area contributed by atoms with Gasteiger partial charge in [-0.2, -0.15) is 0 Å². The number of amides is 6. The zero-order chi connectivity index (χ0) is 20.3. The molecule has 0 spiro atoms. The van der Waals surface area contributed by atoms with Crippen LogP contribution in [0.3, 0.4) is 0 Å². The minimum absolute atomic E-state index is 0.00757. The zero-order valence-electron chi connectivity index (χ0n) is 14.4. The Labute approximate surface area is 172 Å². The summed E-state index contributed by atoms with van der Waals surface area (Å²) in [4.78, 5) is 61.4. The van der Waals surface area contributed by atoms with Crippen LogP contribution in [-0.2, 0) is 14.4 Å². The van der Waals surface area contributed by atoms with Crippen LogP contribution in [0.1, 0.15) is 5.56 Å². The number of carbonyl (C=O) groups excluding carboxylic acids is 5. The molecule has 2 saturated heterocycles. The molecule has 0 unspecified atom stereocenters. The van der Waals surface area contributed by atoms with E-state index >= 15 is 0 Å². The number of halogens is 1. The second-order valence-corrected chi connectivity index (χ2v) is 7.79. The highest BCUT2D eigenvalue weighted by atomic mass is 79.9. The Morgan fingerprint density at radius 1 is 1.25 bits per heavy atom. The quantitative estimate of drug-likeness (QED) is 0.479. The van der Waals surface area contributed by atoms with Crippen molar-refractivity contribution in [2.45, 2.75) is 0 Å². The van der Waals surface area contributed by atoms with E-state index in [0.29, 0.717) is 4.91 Å². The number of hydrogen-bond acceptors (Lipinski definition) is 6. The third kappa shape index (κ3) is 4.60. The predicted octanol–water partition coefficient (Wildman–Crippen LogP) is 1.15. The number of urea groups is 1. The molecule has 1 aromatic carbocycles. The number of hydrogen-bond donors (Lipinski definition) is 2. The summed E-state index contributed by atoms with van der Waals surface area (Å²) >= 11 is 4.18. The van der Waals surface area contributed by atoms with E-state index in [1.165, 1.54) is 0 Å². The fourth-order valence-corrected chi connectivity index (χ4v) is 3.84. The lowest BCUT2D eigenvalue weighted by Crippen LogP contribution is -2.43. The monoisotopic (exact) mass is 466 g/mol. The maximum absolute atomic E-state index is 12.4. The summed E-state index contributed by atoms with van der Waals surface area (Å²) in [5.74, 6) is -1.47. The second kappa shape index (κ2) is 8.57. The molecule has 3 rings (SSSR count). The lowest BCUT2D eigenvalue weighted by molar-refractivity contribution is -0.130. The van der Waals surface area contributed by atoms with Gasteiger partial charge < -0.3 is 10.6 Å². The Morgan fingerprint density at radius 3 is 2.71 bits per heavy atom. The van der Waals surface area contributed by atoms with Crippen molar-refractivity contribution in [1.29, 1.82) is 0 Å². The van der Waals surface area contributed by atoms with Crippen molar-refractivity contribution in [2.75, 3.05) is 26.2 Å². The lowest BCUT2D eigenvalue weighted by Gasteiger charge is -2.15. The fraction of sp³-hybridized carbons (Fsp3) is 0.235. The van der Waals surface area contributed by atoms with E-state index in [0.717, 1.165) is 31.6 Å². The predicted molar refractivity (Wildman–Crippen MR) is 105 cm³/mol. The highest BCUT2D eigenvalue weighted by Gasteiger charge is 2.35. The molecular formula is C17H15BrN4O5S. The largest absolute Gasteiger partial charge is 0.353 e. The maximum atomic E-state index is 12.4. The van der Waals surface area contributed by atoms with Gasteiger partial charge in [0.1, 0.15) is 6.54 Å². The first-order chi connectivity index (χ1) is 13.3. The average Bonchev–Trinajstić information content (AvgIpc) is 3.09. The number of nitrogens with zero attached hydrogens (tertiary/aromatic N) is 2. The van der Waals surface area contributed by atoms with Crippen LogP contribution < -0.4 is 10.6 Å². The second-order valence-electron chi connectivity index (χ2n) is 5.88. The van der Waals surface area contributed by atoms with Gasteiger partial charge in [0.05, 0.1) is 11.4 Å². The lowest BCUT2D eigenvalue weighted by atomic mass is 10.2. The van der Waals surface area contributed by atoms with Crippen molar-refractivity contribution in [3.63, 3.8) is 0 Å². The Hall–Kier alpha value is -2.66. The van der Waals surface area contributed by atoms with Crippen LogP contribution in [0.4, 0.5) is 9.59 Å². The van der Waals surface area contributed by atoms with Crippen LogP contribution in [0.5, 0.6) is 0 Å². The molecule has 0 aliphatic carbocycles.